The van der Waals surface area contributed by atoms with Crippen LogP contribution in [0.25, 0.3) is 0 Å². The molecule has 0 bridgehead atoms. The maximum atomic E-state index is 13.5. The lowest BCUT2D eigenvalue weighted by molar-refractivity contribution is 0.273. The summed E-state index contributed by atoms with van der Waals surface area (Å²) in [5.41, 5.74) is 0.261. The Hall–Kier alpha value is -1.16. The fourth-order valence-corrected chi connectivity index (χ4v) is 1.90. The van der Waals surface area contributed by atoms with E-state index in [1.165, 1.54) is 7.11 Å². The van der Waals surface area contributed by atoms with Crippen LogP contribution in [-0.4, -0.2) is 18.8 Å². The largest absolute Gasteiger partial charge is 0.493 e. The van der Waals surface area contributed by atoms with Crippen molar-refractivity contribution in [2.75, 3.05) is 13.7 Å². The number of halogens is 2. The number of aliphatic hydroxyl groups is 1. The van der Waals surface area contributed by atoms with Gasteiger partial charge in [0.15, 0.2) is 11.6 Å². The van der Waals surface area contributed by atoms with Gasteiger partial charge in [-0.3, -0.25) is 0 Å². The quantitative estimate of drug-likeness (QED) is 0.834. The van der Waals surface area contributed by atoms with Crippen LogP contribution in [0.5, 0.6) is 5.75 Å². The molecule has 2 rings (SSSR count). The van der Waals surface area contributed by atoms with Crippen LogP contribution in [0.2, 0.25) is 0 Å². The lowest BCUT2D eigenvalue weighted by Crippen LogP contribution is -1.99. The first-order valence-electron chi connectivity index (χ1n) is 4.81. The van der Waals surface area contributed by atoms with Crippen molar-refractivity contribution in [1.82, 2.24) is 0 Å². The summed E-state index contributed by atoms with van der Waals surface area (Å²) in [6.45, 7) is 0.00374. The first-order chi connectivity index (χ1) is 7.19. The molecule has 15 heavy (non-hydrogen) atoms. The van der Waals surface area contributed by atoms with Crippen LogP contribution in [0, 0.1) is 17.6 Å². The Morgan fingerprint density at radius 1 is 1.40 bits per heavy atom. The molecule has 1 fully saturated rings. The first-order valence-corrected chi connectivity index (χ1v) is 4.81. The van der Waals surface area contributed by atoms with Gasteiger partial charge in [-0.15, -0.1) is 0 Å². The van der Waals surface area contributed by atoms with E-state index in [1.54, 1.807) is 0 Å². The molecule has 1 aliphatic carbocycles. The standard InChI is InChI=1S/C11H12F2O2/c1-15-11-9(13)3-2-8(12)10(11)7-4-6(7)5-14/h2-3,6-7,14H,4-5H2,1H3. The Bertz CT molecular complexity index is 379. The zero-order chi connectivity index (χ0) is 11.0. The van der Waals surface area contributed by atoms with E-state index in [2.05, 4.69) is 0 Å². The van der Waals surface area contributed by atoms with Crippen molar-refractivity contribution in [2.45, 2.75) is 12.3 Å². The monoisotopic (exact) mass is 214 g/mol. The second kappa shape index (κ2) is 3.77. The molecule has 1 saturated carbocycles. The van der Waals surface area contributed by atoms with Gasteiger partial charge in [-0.25, -0.2) is 8.78 Å². The number of rotatable bonds is 3. The average Bonchev–Trinajstić information content (AvgIpc) is 3.00. The van der Waals surface area contributed by atoms with Crippen LogP contribution in [-0.2, 0) is 0 Å². The van der Waals surface area contributed by atoms with E-state index in [0.717, 1.165) is 12.1 Å². The first kappa shape index (κ1) is 10.4. The van der Waals surface area contributed by atoms with Gasteiger partial charge in [-0.05, 0) is 30.4 Å². The third-order valence-corrected chi connectivity index (χ3v) is 2.83. The molecular weight excluding hydrogens is 202 g/mol. The summed E-state index contributed by atoms with van der Waals surface area (Å²) in [6.07, 6.45) is 0.688. The van der Waals surface area contributed by atoms with E-state index in [0.29, 0.717) is 6.42 Å². The lowest BCUT2D eigenvalue weighted by atomic mass is 10.1. The predicted octanol–water partition coefficient (Wildman–Crippen LogP) is 2.07. The second-order valence-corrected chi connectivity index (χ2v) is 3.76. The van der Waals surface area contributed by atoms with Gasteiger partial charge >= 0.3 is 0 Å². The molecule has 2 nitrogen and oxygen atoms in total. The van der Waals surface area contributed by atoms with E-state index >= 15 is 0 Å². The van der Waals surface area contributed by atoms with Gasteiger partial charge in [-0.1, -0.05) is 0 Å². The van der Waals surface area contributed by atoms with E-state index in [1.807, 2.05) is 0 Å². The molecule has 2 atom stereocenters. The maximum absolute atomic E-state index is 13.5. The van der Waals surface area contributed by atoms with E-state index in [-0.39, 0.29) is 29.8 Å². The zero-order valence-corrected chi connectivity index (χ0v) is 8.34. The highest BCUT2D eigenvalue weighted by atomic mass is 19.1. The van der Waals surface area contributed by atoms with Crippen molar-refractivity contribution in [3.63, 3.8) is 0 Å². The van der Waals surface area contributed by atoms with E-state index in [4.69, 9.17) is 9.84 Å². The molecule has 0 radical (unpaired) electrons. The summed E-state index contributed by atoms with van der Waals surface area (Å²) in [5.74, 6) is -1.13. The van der Waals surface area contributed by atoms with Gasteiger partial charge in [-0.2, -0.15) is 0 Å². The SMILES string of the molecule is COc1c(F)ccc(F)c1C1CC1CO. The van der Waals surface area contributed by atoms with Crippen molar-refractivity contribution in [3.8, 4) is 5.75 Å². The molecular formula is C11H12F2O2. The van der Waals surface area contributed by atoms with Crippen molar-refractivity contribution in [1.29, 1.82) is 0 Å². The molecule has 1 aromatic rings. The van der Waals surface area contributed by atoms with Crippen molar-refractivity contribution >= 4 is 0 Å². The summed E-state index contributed by atoms with van der Waals surface area (Å²) in [5, 5.41) is 8.90. The number of hydrogen-bond donors (Lipinski definition) is 1. The highest BCUT2D eigenvalue weighted by molar-refractivity contribution is 5.42. The highest BCUT2D eigenvalue weighted by Gasteiger charge is 2.41. The Morgan fingerprint density at radius 3 is 2.60 bits per heavy atom. The summed E-state index contributed by atoms with van der Waals surface area (Å²) in [6, 6.07) is 2.15. The topological polar surface area (TPSA) is 29.5 Å². The molecule has 0 aliphatic heterocycles. The van der Waals surface area contributed by atoms with Gasteiger partial charge in [0, 0.05) is 12.2 Å². The van der Waals surface area contributed by atoms with Crippen molar-refractivity contribution in [2.24, 2.45) is 5.92 Å². The normalized spacial score (nSPS) is 24.0. The Morgan fingerprint density at radius 2 is 2.07 bits per heavy atom. The van der Waals surface area contributed by atoms with E-state index in [9.17, 15) is 8.78 Å². The molecule has 0 spiro atoms. The fourth-order valence-electron chi connectivity index (χ4n) is 1.90. The predicted molar refractivity (Wildman–Crippen MR) is 50.8 cm³/mol. The van der Waals surface area contributed by atoms with Crippen LogP contribution >= 0.6 is 0 Å². The molecule has 0 heterocycles. The Kier molecular flexibility index (Phi) is 2.61. The zero-order valence-electron chi connectivity index (χ0n) is 8.34. The van der Waals surface area contributed by atoms with Crippen LogP contribution < -0.4 is 4.74 Å². The Balaban J connectivity index is 2.40. The minimum atomic E-state index is -0.558. The molecule has 1 N–H and O–H groups in total. The van der Waals surface area contributed by atoms with E-state index < -0.39 is 11.6 Å². The number of aliphatic hydroxyl groups excluding tert-OH is 1. The van der Waals surface area contributed by atoms with Gasteiger partial charge < -0.3 is 9.84 Å². The fraction of sp³-hybridized carbons (Fsp3) is 0.455. The molecule has 82 valence electrons. The second-order valence-electron chi connectivity index (χ2n) is 3.76. The van der Waals surface area contributed by atoms with Crippen molar-refractivity contribution < 1.29 is 18.6 Å². The number of benzene rings is 1. The van der Waals surface area contributed by atoms with Gasteiger partial charge in [0.1, 0.15) is 5.82 Å². The smallest absolute Gasteiger partial charge is 0.165 e. The van der Waals surface area contributed by atoms with Gasteiger partial charge in [0.2, 0.25) is 0 Å². The number of ether oxygens (including phenoxy) is 1. The third kappa shape index (κ3) is 1.69. The molecule has 0 amide bonds. The average molecular weight is 214 g/mol. The maximum Gasteiger partial charge on any atom is 0.165 e. The molecule has 4 heteroatoms. The highest BCUT2D eigenvalue weighted by Crippen LogP contribution is 2.51. The molecule has 0 saturated heterocycles. The molecule has 1 aliphatic rings. The minimum Gasteiger partial charge on any atom is -0.493 e. The number of methoxy groups -OCH3 is 1. The minimum absolute atomic E-state index is 0.00374. The van der Waals surface area contributed by atoms with Gasteiger partial charge in [0.05, 0.1) is 7.11 Å². The summed E-state index contributed by atoms with van der Waals surface area (Å²) in [7, 11) is 1.32. The van der Waals surface area contributed by atoms with Crippen LogP contribution in [0.15, 0.2) is 12.1 Å². The van der Waals surface area contributed by atoms with Crippen LogP contribution in [0.4, 0.5) is 8.78 Å². The molecule has 2 unspecified atom stereocenters. The number of hydrogen-bond acceptors (Lipinski definition) is 2. The molecule has 0 aromatic heterocycles. The van der Waals surface area contributed by atoms with Crippen molar-refractivity contribution in [3.05, 3.63) is 29.3 Å². The van der Waals surface area contributed by atoms with Crippen LogP contribution in [0.3, 0.4) is 0 Å². The third-order valence-electron chi connectivity index (χ3n) is 2.83. The molecule has 1 aromatic carbocycles. The lowest BCUT2D eigenvalue weighted by Gasteiger charge is -2.09. The van der Waals surface area contributed by atoms with Crippen LogP contribution in [0.1, 0.15) is 17.9 Å². The van der Waals surface area contributed by atoms with Gasteiger partial charge in [0.25, 0.3) is 0 Å². The Labute approximate surface area is 86.5 Å². The summed E-state index contributed by atoms with van der Waals surface area (Å²) < 4.78 is 31.6. The summed E-state index contributed by atoms with van der Waals surface area (Å²) in [4.78, 5) is 0. The summed E-state index contributed by atoms with van der Waals surface area (Å²) >= 11 is 0.